The summed E-state index contributed by atoms with van der Waals surface area (Å²) in [5, 5.41) is 17.6. The SMILES string of the molecule is CN(Cc1cc2c(cc1F)C(=O)N(C1CCC(=O)NC1=O)C2)C1CCN(c2ccc3c(c2)C(=O)N(C(C(=O)Nc2nccs2)c2cc(F)ccc2O)C3)CC1. The lowest BCUT2D eigenvalue weighted by Gasteiger charge is -2.38. The monoisotopic (exact) mass is 769 g/mol. The first-order valence-corrected chi connectivity index (χ1v) is 18.9. The quantitative estimate of drug-likeness (QED) is 0.211. The van der Waals surface area contributed by atoms with E-state index in [4.69, 9.17) is 0 Å². The number of benzene rings is 3. The van der Waals surface area contributed by atoms with Crippen LogP contribution < -0.4 is 15.5 Å². The molecule has 0 spiro atoms. The number of nitrogens with zero attached hydrogens (tertiary/aromatic N) is 5. The van der Waals surface area contributed by atoms with E-state index in [0.29, 0.717) is 47.0 Å². The predicted molar refractivity (Wildman–Crippen MR) is 197 cm³/mol. The molecule has 4 aromatic rings. The summed E-state index contributed by atoms with van der Waals surface area (Å²) >= 11 is 1.19. The Hall–Kier alpha value is -5.74. The number of hydrogen-bond donors (Lipinski definition) is 3. The van der Waals surface area contributed by atoms with Gasteiger partial charge in [0.05, 0.1) is 0 Å². The standard InChI is InChI=1S/C39H37F2N7O6S/c1-45(18-23-14-22-20-47(37(53)28(22)17-30(23)41)31-5-7-33(50)43-35(31)51)25-8-11-46(12-9-25)26-4-2-21-19-48(38(54)27(21)16-26)34(29-15-24(40)3-6-32(29)49)36(52)44-39-42-10-13-55-39/h2-4,6,10,13-17,25,31,34,49H,5,7-9,11-12,18-20H2,1H3,(H,42,44,52)(H,43,50,51). The number of aromatic hydroxyl groups is 1. The molecule has 1 aromatic heterocycles. The van der Waals surface area contributed by atoms with Crippen molar-refractivity contribution >= 4 is 51.7 Å². The van der Waals surface area contributed by atoms with E-state index >= 15 is 4.39 Å². The number of piperidine rings is 2. The minimum absolute atomic E-state index is 0.0379. The van der Waals surface area contributed by atoms with Crippen LogP contribution in [0.2, 0.25) is 0 Å². The second-order valence-corrected chi connectivity index (χ2v) is 15.2. The number of hydrogen-bond acceptors (Lipinski definition) is 10. The van der Waals surface area contributed by atoms with Crippen molar-refractivity contribution in [2.75, 3.05) is 30.4 Å². The zero-order chi connectivity index (χ0) is 38.5. The molecule has 5 heterocycles. The largest absolute Gasteiger partial charge is 0.508 e. The molecule has 3 aromatic carbocycles. The summed E-state index contributed by atoms with van der Waals surface area (Å²) in [7, 11) is 1.94. The number of nitrogens with one attached hydrogen (secondary N) is 2. The number of thiazole rings is 1. The Morgan fingerprint density at radius 2 is 1.78 bits per heavy atom. The van der Waals surface area contributed by atoms with Crippen molar-refractivity contribution in [1.29, 1.82) is 0 Å². The van der Waals surface area contributed by atoms with E-state index in [1.807, 2.05) is 25.2 Å². The second kappa shape index (κ2) is 14.5. The van der Waals surface area contributed by atoms with Gasteiger partial charge in [-0.05, 0) is 79.9 Å². The highest BCUT2D eigenvalue weighted by atomic mass is 32.1. The van der Waals surface area contributed by atoms with Gasteiger partial charge in [-0.25, -0.2) is 13.8 Å². The van der Waals surface area contributed by atoms with E-state index < -0.39 is 47.3 Å². The highest BCUT2D eigenvalue weighted by molar-refractivity contribution is 7.13. The van der Waals surface area contributed by atoms with Gasteiger partial charge in [0.2, 0.25) is 11.8 Å². The Morgan fingerprint density at radius 1 is 1.00 bits per heavy atom. The topological polar surface area (TPSA) is 155 Å². The minimum atomic E-state index is -1.32. The van der Waals surface area contributed by atoms with Crippen molar-refractivity contribution in [2.24, 2.45) is 0 Å². The summed E-state index contributed by atoms with van der Waals surface area (Å²) < 4.78 is 29.8. The molecule has 0 aliphatic carbocycles. The fourth-order valence-corrected chi connectivity index (χ4v) is 8.63. The maximum atomic E-state index is 15.4. The van der Waals surface area contributed by atoms with E-state index in [1.54, 1.807) is 11.4 Å². The first kappa shape index (κ1) is 36.2. The summed E-state index contributed by atoms with van der Waals surface area (Å²) in [5.74, 6) is -3.82. The zero-order valence-corrected chi connectivity index (χ0v) is 30.6. The number of amides is 5. The Labute approximate surface area is 318 Å². The van der Waals surface area contributed by atoms with E-state index in [-0.39, 0.29) is 54.8 Å². The molecule has 2 unspecified atom stereocenters. The highest BCUT2D eigenvalue weighted by Crippen LogP contribution is 2.38. The van der Waals surface area contributed by atoms with Gasteiger partial charge in [0.1, 0.15) is 29.5 Å². The molecule has 2 fully saturated rings. The molecule has 0 radical (unpaired) electrons. The smallest absolute Gasteiger partial charge is 0.255 e. The molecule has 16 heteroatoms. The predicted octanol–water partition coefficient (Wildman–Crippen LogP) is 4.32. The van der Waals surface area contributed by atoms with Gasteiger partial charge in [-0.2, -0.15) is 0 Å². The van der Waals surface area contributed by atoms with E-state index in [0.717, 1.165) is 36.7 Å². The first-order chi connectivity index (χ1) is 26.4. The maximum Gasteiger partial charge on any atom is 0.255 e. The molecular weight excluding hydrogens is 733 g/mol. The van der Waals surface area contributed by atoms with Crippen LogP contribution in [0.15, 0.2) is 60.1 Å². The van der Waals surface area contributed by atoms with Crippen LogP contribution in [-0.2, 0) is 34.0 Å². The van der Waals surface area contributed by atoms with Crippen LogP contribution >= 0.6 is 11.3 Å². The fourth-order valence-electron chi connectivity index (χ4n) is 8.09. The van der Waals surface area contributed by atoms with E-state index in [1.165, 1.54) is 33.4 Å². The van der Waals surface area contributed by atoms with Crippen LogP contribution in [0.3, 0.4) is 0 Å². The van der Waals surface area contributed by atoms with Gasteiger partial charge in [-0.15, -0.1) is 11.3 Å². The number of carbonyl (C=O) groups is 5. The fraction of sp³-hybridized carbons (Fsp3) is 0.333. The van der Waals surface area contributed by atoms with Crippen molar-refractivity contribution in [3.8, 4) is 5.75 Å². The van der Waals surface area contributed by atoms with Gasteiger partial charge in [-0.1, -0.05) is 6.07 Å². The van der Waals surface area contributed by atoms with E-state index in [9.17, 15) is 33.5 Å². The van der Waals surface area contributed by atoms with Crippen LogP contribution in [0.25, 0.3) is 0 Å². The average molecular weight is 770 g/mol. The van der Waals surface area contributed by atoms with Crippen LogP contribution in [0.1, 0.15) is 74.7 Å². The number of carbonyl (C=O) groups excluding carboxylic acids is 5. The second-order valence-electron chi connectivity index (χ2n) is 14.3. The third kappa shape index (κ3) is 6.91. The number of imide groups is 1. The number of aromatic nitrogens is 1. The normalized spacial score (nSPS) is 19.2. The van der Waals surface area contributed by atoms with Crippen LogP contribution in [0, 0.1) is 11.6 Å². The lowest BCUT2D eigenvalue weighted by Crippen LogP contribution is -2.52. The number of anilines is 2. The number of phenolic OH excluding ortho intramolecular Hbond substituents is 1. The summed E-state index contributed by atoms with van der Waals surface area (Å²) in [6.45, 7) is 1.91. The Kier molecular flexibility index (Phi) is 9.55. The van der Waals surface area contributed by atoms with Gasteiger partial charge in [0, 0.05) is 84.7 Å². The Morgan fingerprint density at radius 3 is 2.53 bits per heavy atom. The average Bonchev–Trinajstić information content (AvgIpc) is 3.88. The number of halogens is 2. The lowest BCUT2D eigenvalue weighted by atomic mass is 10.00. The molecule has 284 valence electrons. The molecule has 0 saturated carbocycles. The van der Waals surface area contributed by atoms with Crippen LogP contribution in [0.5, 0.6) is 5.75 Å². The van der Waals surface area contributed by atoms with Gasteiger partial charge in [0.25, 0.3) is 17.7 Å². The molecule has 3 N–H and O–H groups in total. The maximum absolute atomic E-state index is 15.4. The number of rotatable bonds is 9. The molecule has 2 atom stereocenters. The summed E-state index contributed by atoms with van der Waals surface area (Å²) in [6.07, 6.45) is 3.42. The molecule has 4 aliphatic heterocycles. The molecule has 5 amide bonds. The van der Waals surface area contributed by atoms with Gasteiger partial charge in [0.15, 0.2) is 5.13 Å². The molecule has 4 aliphatic rings. The first-order valence-electron chi connectivity index (χ1n) is 18.0. The van der Waals surface area contributed by atoms with Crippen LogP contribution in [0.4, 0.5) is 19.6 Å². The lowest BCUT2D eigenvalue weighted by molar-refractivity contribution is -0.137. The van der Waals surface area contributed by atoms with E-state index in [2.05, 4.69) is 25.4 Å². The van der Waals surface area contributed by atoms with Crippen molar-refractivity contribution < 1.29 is 37.9 Å². The summed E-state index contributed by atoms with van der Waals surface area (Å²) in [5.41, 5.74) is 3.25. The Bertz CT molecular complexity index is 2230. The van der Waals surface area contributed by atoms with Gasteiger partial charge in [-0.3, -0.25) is 39.5 Å². The molecule has 13 nitrogen and oxygen atoms in total. The van der Waals surface area contributed by atoms with Crippen molar-refractivity contribution in [3.63, 3.8) is 0 Å². The van der Waals surface area contributed by atoms with Crippen molar-refractivity contribution in [3.05, 3.63) is 105 Å². The van der Waals surface area contributed by atoms with Crippen LogP contribution in [-0.4, -0.2) is 86.5 Å². The Balaban J connectivity index is 0.922. The summed E-state index contributed by atoms with van der Waals surface area (Å²) in [4.78, 5) is 75.8. The third-order valence-electron chi connectivity index (χ3n) is 11.0. The van der Waals surface area contributed by atoms with Crippen molar-refractivity contribution in [1.82, 2.24) is 25.0 Å². The summed E-state index contributed by atoms with van der Waals surface area (Å²) in [6, 6.07) is 9.88. The number of phenols is 1. The van der Waals surface area contributed by atoms with Gasteiger partial charge >= 0.3 is 0 Å². The molecular formula is C39H37F2N7O6S. The highest BCUT2D eigenvalue weighted by Gasteiger charge is 2.41. The third-order valence-corrected chi connectivity index (χ3v) is 11.7. The molecule has 8 rings (SSSR count). The number of fused-ring (bicyclic) bond motifs is 2. The molecule has 55 heavy (non-hydrogen) atoms. The zero-order valence-electron chi connectivity index (χ0n) is 29.8. The van der Waals surface area contributed by atoms with Gasteiger partial charge < -0.3 is 19.8 Å². The minimum Gasteiger partial charge on any atom is -0.508 e. The van der Waals surface area contributed by atoms with Crippen molar-refractivity contribution in [2.45, 2.75) is 63.4 Å². The molecule has 0 bridgehead atoms. The molecule has 2 saturated heterocycles.